The molecule has 10 heteroatoms. The van der Waals surface area contributed by atoms with E-state index in [0.717, 1.165) is 12.0 Å². The number of rotatable bonds is 7. The van der Waals surface area contributed by atoms with Crippen LogP contribution in [0.4, 0.5) is 0 Å². The summed E-state index contributed by atoms with van der Waals surface area (Å²) in [5.74, 6) is 0.633. The van der Waals surface area contributed by atoms with Crippen LogP contribution in [0, 0.1) is 11.3 Å². The van der Waals surface area contributed by atoms with Crippen molar-refractivity contribution >= 4 is 13.7 Å². The summed E-state index contributed by atoms with van der Waals surface area (Å²) >= 11 is 0. The van der Waals surface area contributed by atoms with E-state index in [-0.39, 0.29) is 18.9 Å². The van der Waals surface area contributed by atoms with Gasteiger partial charge in [0.15, 0.2) is 0 Å². The molecule has 1 aromatic carbocycles. The highest BCUT2D eigenvalue weighted by Crippen LogP contribution is 2.46. The number of nitriles is 1. The molecule has 2 aliphatic rings. The van der Waals surface area contributed by atoms with Crippen molar-refractivity contribution in [2.24, 2.45) is 0 Å². The Morgan fingerprint density at radius 2 is 2.10 bits per heavy atom. The molecule has 2 unspecified atom stereocenters. The number of hydrogen-bond acceptors (Lipinski definition) is 6. The zero-order chi connectivity index (χ0) is 23.0. The average molecular weight is 452 g/mol. The molecule has 1 fully saturated rings. The fourth-order valence-corrected chi connectivity index (χ4v) is 4.95. The molecule has 0 aromatic heterocycles. The zero-order valence-corrected chi connectivity index (χ0v) is 19.1. The second kappa shape index (κ2) is 8.53. The lowest BCUT2D eigenvalue weighted by Gasteiger charge is -2.47. The van der Waals surface area contributed by atoms with Gasteiger partial charge in [-0.1, -0.05) is 0 Å². The first-order chi connectivity index (χ1) is 14.3. The maximum absolute atomic E-state index is 12.6. The van der Waals surface area contributed by atoms with Gasteiger partial charge in [0.2, 0.25) is 5.91 Å². The van der Waals surface area contributed by atoms with E-state index >= 15 is 0 Å². The van der Waals surface area contributed by atoms with E-state index in [9.17, 15) is 14.6 Å². The molecule has 1 saturated heterocycles. The van der Waals surface area contributed by atoms with Crippen molar-refractivity contribution in [1.29, 1.82) is 5.26 Å². The normalized spacial score (nSPS) is 23.3. The summed E-state index contributed by atoms with van der Waals surface area (Å²) in [6.45, 7) is 7.63. The van der Waals surface area contributed by atoms with E-state index in [1.165, 1.54) is 0 Å². The van der Waals surface area contributed by atoms with Gasteiger partial charge in [-0.3, -0.25) is 9.32 Å². The Morgan fingerprint density at radius 1 is 1.39 bits per heavy atom. The van der Waals surface area contributed by atoms with Gasteiger partial charge >= 0.3 is 7.82 Å². The number of phosphoric ester groups is 1. The molecule has 170 valence electrons. The Labute approximate surface area is 182 Å². The van der Waals surface area contributed by atoms with Gasteiger partial charge in [0, 0.05) is 18.5 Å². The summed E-state index contributed by atoms with van der Waals surface area (Å²) in [7, 11) is -4.64. The molecule has 1 amide bonds. The van der Waals surface area contributed by atoms with Crippen molar-refractivity contribution in [3.05, 3.63) is 29.3 Å². The average Bonchev–Trinajstić information content (AvgIpc) is 3.04. The van der Waals surface area contributed by atoms with E-state index in [2.05, 4.69) is 6.07 Å². The standard InChI is InChI=1S/C21H29N2O7P/c1-20(2,30-31(25,26)27)9-11-28-19-18(23-10-5-6-17(23)24)15-12-14(13-22)7-8-16(15)29-21(19,3)4/h7-8,12,18-19H,5-6,9-11H2,1-4H3,(H2,25,26,27). The molecular weight excluding hydrogens is 423 g/mol. The predicted octanol–water partition coefficient (Wildman–Crippen LogP) is 3.06. The minimum absolute atomic E-state index is 0.0229. The quantitative estimate of drug-likeness (QED) is 0.604. The number of fused-ring (bicyclic) bond motifs is 1. The lowest BCUT2D eigenvalue weighted by atomic mass is 9.84. The highest BCUT2D eigenvalue weighted by Gasteiger charge is 2.49. The van der Waals surface area contributed by atoms with Gasteiger partial charge in [-0.25, -0.2) is 4.57 Å². The Kier molecular flexibility index (Phi) is 6.52. The van der Waals surface area contributed by atoms with Crippen molar-refractivity contribution in [3.8, 4) is 11.8 Å². The highest BCUT2D eigenvalue weighted by atomic mass is 31.2. The van der Waals surface area contributed by atoms with Crippen molar-refractivity contribution < 1.29 is 33.1 Å². The third-order valence-electron chi connectivity index (χ3n) is 5.62. The van der Waals surface area contributed by atoms with E-state index < -0.39 is 31.2 Å². The first kappa shape index (κ1) is 23.7. The first-order valence-corrected chi connectivity index (χ1v) is 11.8. The third kappa shape index (κ3) is 5.46. The number of phosphoric acid groups is 1. The third-order valence-corrected chi connectivity index (χ3v) is 6.35. The fraction of sp³-hybridized carbons (Fsp3) is 0.619. The summed E-state index contributed by atoms with van der Waals surface area (Å²) in [4.78, 5) is 32.7. The number of benzene rings is 1. The highest BCUT2D eigenvalue weighted by molar-refractivity contribution is 7.46. The summed E-state index contributed by atoms with van der Waals surface area (Å²) in [6.07, 6.45) is 0.874. The van der Waals surface area contributed by atoms with E-state index in [4.69, 9.17) is 23.8 Å². The maximum Gasteiger partial charge on any atom is 0.470 e. The minimum Gasteiger partial charge on any atom is -0.485 e. The Bertz CT molecular complexity index is 934. The van der Waals surface area contributed by atoms with Crippen LogP contribution in [0.15, 0.2) is 18.2 Å². The number of carbonyl (C=O) groups is 1. The van der Waals surface area contributed by atoms with Crippen LogP contribution in [-0.2, 0) is 18.6 Å². The molecule has 0 bridgehead atoms. The van der Waals surface area contributed by atoms with E-state index in [0.29, 0.717) is 24.3 Å². The van der Waals surface area contributed by atoms with Crippen LogP contribution < -0.4 is 4.74 Å². The summed E-state index contributed by atoms with van der Waals surface area (Å²) in [6, 6.07) is 6.85. The van der Waals surface area contributed by atoms with E-state index in [1.807, 2.05) is 13.8 Å². The summed E-state index contributed by atoms with van der Waals surface area (Å²) in [5, 5.41) is 9.35. The van der Waals surface area contributed by atoms with Gasteiger partial charge in [0.1, 0.15) is 17.5 Å². The molecule has 0 saturated carbocycles. The van der Waals surface area contributed by atoms with Crippen LogP contribution in [0.3, 0.4) is 0 Å². The van der Waals surface area contributed by atoms with Gasteiger partial charge < -0.3 is 24.2 Å². The van der Waals surface area contributed by atoms with Gasteiger partial charge in [-0.05, 0) is 58.7 Å². The summed E-state index contributed by atoms with van der Waals surface area (Å²) in [5.41, 5.74) is -0.704. The molecule has 3 rings (SSSR count). The van der Waals surface area contributed by atoms with Gasteiger partial charge in [-0.2, -0.15) is 5.26 Å². The van der Waals surface area contributed by atoms with E-state index in [1.54, 1.807) is 36.9 Å². The van der Waals surface area contributed by atoms with Crippen LogP contribution in [0.1, 0.15) is 64.1 Å². The van der Waals surface area contributed by atoms with Crippen LogP contribution in [0.5, 0.6) is 5.75 Å². The molecule has 2 N–H and O–H groups in total. The number of nitrogens with zero attached hydrogens (tertiary/aromatic N) is 2. The SMILES string of the molecule is CC(C)(CCOC1C(N2CCCC2=O)c2cc(C#N)ccc2OC1(C)C)OP(=O)(O)O. The van der Waals surface area contributed by atoms with Crippen molar-refractivity contribution in [3.63, 3.8) is 0 Å². The van der Waals surface area contributed by atoms with Gasteiger partial charge in [-0.15, -0.1) is 0 Å². The Balaban J connectivity index is 1.90. The first-order valence-electron chi connectivity index (χ1n) is 10.2. The Morgan fingerprint density at radius 3 is 2.68 bits per heavy atom. The molecule has 2 heterocycles. The lowest BCUT2D eigenvalue weighted by molar-refractivity contribution is -0.151. The number of ether oxygens (including phenoxy) is 2. The van der Waals surface area contributed by atoms with Crippen molar-refractivity contribution in [2.75, 3.05) is 13.2 Å². The number of amides is 1. The molecule has 9 nitrogen and oxygen atoms in total. The molecule has 2 atom stereocenters. The second-order valence-electron chi connectivity index (χ2n) is 9.09. The molecule has 2 aliphatic heterocycles. The zero-order valence-electron chi connectivity index (χ0n) is 18.2. The number of likely N-dealkylation sites (tertiary alicyclic amines) is 1. The predicted molar refractivity (Wildman–Crippen MR) is 111 cm³/mol. The van der Waals surface area contributed by atoms with Crippen LogP contribution >= 0.6 is 7.82 Å². The molecule has 31 heavy (non-hydrogen) atoms. The molecule has 0 spiro atoms. The number of carbonyl (C=O) groups excluding carboxylic acids is 1. The topological polar surface area (TPSA) is 129 Å². The van der Waals surface area contributed by atoms with Crippen LogP contribution in [0.25, 0.3) is 0 Å². The Hall–Kier alpha value is -1.95. The van der Waals surface area contributed by atoms with Crippen molar-refractivity contribution in [2.45, 2.75) is 70.3 Å². The fourth-order valence-electron chi connectivity index (χ4n) is 4.21. The van der Waals surface area contributed by atoms with Gasteiger partial charge in [0.25, 0.3) is 0 Å². The van der Waals surface area contributed by atoms with Crippen LogP contribution in [-0.4, -0.2) is 51.1 Å². The molecule has 1 aromatic rings. The largest absolute Gasteiger partial charge is 0.485 e. The number of hydrogen-bond donors (Lipinski definition) is 2. The minimum atomic E-state index is -4.64. The van der Waals surface area contributed by atoms with Crippen LogP contribution in [0.2, 0.25) is 0 Å². The maximum atomic E-state index is 12.6. The second-order valence-corrected chi connectivity index (χ2v) is 10.3. The van der Waals surface area contributed by atoms with Crippen molar-refractivity contribution in [1.82, 2.24) is 4.90 Å². The molecular formula is C21H29N2O7P. The lowest BCUT2D eigenvalue weighted by Crippen LogP contribution is -2.55. The monoisotopic (exact) mass is 452 g/mol. The smallest absolute Gasteiger partial charge is 0.470 e. The van der Waals surface area contributed by atoms with Gasteiger partial charge in [0.05, 0.1) is 29.9 Å². The summed E-state index contributed by atoms with van der Waals surface area (Å²) < 4.78 is 28.5. The molecule has 0 aliphatic carbocycles. The molecule has 0 radical (unpaired) electrons.